The largest absolute Gasteiger partial charge is 0.403 e. The molecule has 1 atom stereocenters. The Labute approximate surface area is 149 Å². The monoisotopic (exact) mass is 395 g/mol. The van der Waals surface area contributed by atoms with Gasteiger partial charge in [-0.15, -0.1) is 0 Å². The smallest absolute Gasteiger partial charge is 0.386 e. The van der Waals surface area contributed by atoms with Gasteiger partial charge < -0.3 is 15.8 Å². The minimum Gasteiger partial charge on any atom is -0.386 e. The van der Waals surface area contributed by atoms with E-state index in [9.17, 15) is 31.1 Å². The molecular weight excluding hydrogens is 380 g/mol. The first-order valence-electron chi connectivity index (χ1n) is 7.92. The lowest BCUT2D eigenvalue weighted by Gasteiger charge is -2.23. The minimum absolute atomic E-state index is 0.248. The fourth-order valence-corrected chi connectivity index (χ4v) is 2.81. The summed E-state index contributed by atoms with van der Waals surface area (Å²) >= 11 is 0. The summed E-state index contributed by atoms with van der Waals surface area (Å²) in [5.74, 6) is -6.26. The first-order chi connectivity index (χ1) is 12.5. The van der Waals surface area contributed by atoms with Crippen molar-refractivity contribution in [3.63, 3.8) is 0 Å². The molecule has 1 saturated carbocycles. The van der Waals surface area contributed by atoms with Crippen molar-refractivity contribution >= 4 is 17.4 Å². The van der Waals surface area contributed by atoms with Gasteiger partial charge >= 0.3 is 6.18 Å². The number of alkyl halides is 5. The Morgan fingerprint density at radius 3 is 2.56 bits per heavy atom. The van der Waals surface area contributed by atoms with Crippen LogP contribution in [0.2, 0.25) is 0 Å². The number of halogens is 6. The molecule has 5 nitrogen and oxygen atoms in total. The number of benzene rings is 1. The van der Waals surface area contributed by atoms with E-state index in [2.05, 4.69) is 9.73 Å². The summed E-state index contributed by atoms with van der Waals surface area (Å²) in [6.45, 7) is -1.42. The van der Waals surface area contributed by atoms with Gasteiger partial charge in [0.05, 0.1) is 0 Å². The van der Waals surface area contributed by atoms with Crippen LogP contribution >= 0.6 is 0 Å². The number of rotatable bonds is 3. The van der Waals surface area contributed by atoms with Crippen molar-refractivity contribution in [3.05, 3.63) is 29.6 Å². The number of nitrogens with two attached hydrogens (primary N) is 1. The number of ether oxygens (including phenoxy) is 1. The zero-order valence-electron chi connectivity index (χ0n) is 13.7. The van der Waals surface area contributed by atoms with E-state index in [1.165, 1.54) is 0 Å². The van der Waals surface area contributed by atoms with Crippen molar-refractivity contribution in [2.45, 2.75) is 31.0 Å². The highest BCUT2D eigenvalue weighted by atomic mass is 19.4. The Bertz CT molecular complexity index is 789. The molecule has 1 aliphatic heterocycles. The number of amides is 1. The fraction of sp³-hybridized carbons (Fsp3) is 0.500. The van der Waals surface area contributed by atoms with Crippen LogP contribution in [0.5, 0.6) is 0 Å². The summed E-state index contributed by atoms with van der Waals surface area (Å²) in [6.07, 6.45) is -5.46. The Kier molecular flexibility index (Phi) is 4.61. The van der Waals surface area contributed by atoms with Gasteiger partial charge in [-0.3, -0.25) is 9.79 Å². The van der Waals surface area contributed by atoms with Gasteiger partial charge in [0, 0.05) is 11.3 Å². The quantitative estimate of drug-likeness (QED) is 0.772. The molecule has 0 bridgehead atoms. The molecule has 1 fully saturated rings. The van der Waals surface area contributed by atoms with Crippen molar-refractivity contribution in [1.29, 1.82) is 0 Å². The van der Waals surface area contributed by atoms with E-state index in [4.69, 9.17) is 5.73 Å². The zero-order valence-corrected chi connectivity index (χ0v) is 13.7. The molecule has 1 aliphatic carbocycles. The summed E-state index contributed by atoms with van der Waals surface area (Å²) < 4.78 is 86.3. The summed E-state index contributed by atoms with van der Waals surface area (Å²) in [4.78, 5) is 15.6. The number of hydrogen-bond acceptors (Lipinski definition) is 4. The van der Waals surface area contributed by atoms with E-state index in [1.807, 2.05) is 5.32 Å². The Morgan fingerprint density at radius 1 is 1.30 bits per heavy atom. The van der Waals surface area contributed by atoms with Gasteiger partial charge in [-0.05, 0) is 31.0 Å². The maximum atomic E-state index is 14.2. The molecule has 148 valence electrons. The average Bonchev–Trinajstić information content (AvgIpc) is 3.36. The molecule has 27 heavy (non-hydrogen) atoms. The topological polar surface area (TPSA) is 76.7 Å². The van der Waals surface area contributed by atoms with Gasteiger partial charge in [-0.1, -0.05) is 0 Å². The molecular formula is C16H15F6N3O2. The van der Waals surface area contributed by atoms with Gasteiger partial charge in [0.25, 0.3) is 5.92 Å². The summed E-state index contributed by atoms with van der Waals surface area (Å²) in [5.41, 5.74) is 2.09. The number of carbonyl (C=O) groups is 1. The highest BCUT2D eigenvalue weighted by molar-refractivity contribution is 5.98. The molecule has 1 heterocycles. The number of carbonyl (C=O) groups excluding carboxylic acids is 1. The first-order valence-corrected chi connectivity index (χ1v) is 7.92. The number of anilines is 1. The van der Waals surface area contributed by atoms with E-state index in [0.717, 1.165) is 18.2 Å². The lowest BCUT2D eigenvalue weighted by atomic mass is 9.99. The van der Waals surface area contributed by atoms with Gasteiger partial charge in [0.2, 0.25) is 5.91 Å². The van der Waals surface area contributed by atoms with Crippen molar-refractivity contribution < 1.29 is 35.9 Å². The molecule has 0 saturated heterocycles. The fourth-order valence-electron chi connectivity index (χ4n) is 2.81. The summed E-state index contributed by atoms with van der Waals surface area (Å²) in [7, 11) is 0. The minimum atomic E-state index is -4.73. The molecule has 0 aromatic heterocycles. The maximum Gasteiger partial charge on any atom is 0.403 e. The average molecular weight is 395 g/mol. The van der Waals surface area contributed by atoms with E-state index in [1.54, 1.807) is 0 Å². The molecule has 2 aliphatic rings. The molecule has 0 spiro atoms. The summed E-state index contributed by atoms with van der Waals surface area (Å²) in [6, 6.07) is 0.558. The Morgan fingerprint density at radius 2 is 1.96 bits per heavy atom. The van der Waals surface area contributed by atoms with Crippen molar-refractivity contribution in [2.24, 2.45) is 16.1 Å². The summed E-state index contributed by atoms with van der Waals surface area (Å²) in [5, 5.41) is 2.03. The number of nitrogens with one attached hydrogen (secondary N) is 1. The second-order valence-electron chi connectivity index (χ2n) is 6.55. The molecule has 1 unspecified atom stereocenters. The maximum absolute atomic E-state index is 14.2. The molecule has 3 N–H and O–H groups in total. The molecule has 1 amide bonds. The second kappa shape index (κ2) is 6.39. The highest BCUT2D eigenvalue weighted by Crippen LogP contribution is 2.58. The van der Waals surface area contributed by atoms with Crippen molar-refractivity contribution in [2.75, 3.05) is 18.5 Å². The Balaban J connectivity index is 1.91. The van der Waals surface area contributed by atoms with Crippen LogP contribution in [0, 0.1) is 11.2 Å². The van der Waals surface area contributed by atoms with Crippen LogP contribution in [-0.4, -0.2) is 37.1 Å². The first kappa shape index (κ1) is 19.5. The van der Waals surface area contributed by atoms with Crippen LogP contribution in [0.25, 0.3) is 0 Å². The zero-order chi connectivity index (χ0) is 20.0. The number of aliphatic imine (C=N–C) groups is 1. The van der Waals surface area contributed by atoms with Crippen LogP contribution in [0.4, 0.5) is 32.0 Å². The lowest BCUT2D eigenvalue weighted by Crippen LogP contribution is -2.37. The predicted molar refractivity (Wildman–Crippen MR) is 82.9 cm³/mol. The van der Waals surface area contributed by atoms with Crippen LogP contribution in [0.3, 0.4) is 0 Å². The standard InChI is InChI=1S/C16H15F6N3O2/c17-10-2-1-8(24-13(26)14(3-4-14)16(20,21)22)5-9(10)12-15(18,19)7-27-6-11(23)25-12/h1-2,5,12H,3-4,6-7H2,(H2,23,25)(H,24,26). The SMILES string of the molecule is NC1=NC(c2cc(NC(=O)C3(C(F)(F)F)CC3)ccc2F)C(F)(F)COC1. The highest BCUT2D eigenvalue weighted by Gasteiger charge is 2.68. The van der Waals surface area contributed by atoms with E-state index in [-0.39, 0.29) is 31.0 Å². The molecule has 1 aromatic rings. The van der Waals surface area contributed by atoms with Gasteiger partial charge in [0.1, 0.15) is 36.3 Å². The molecule has 3 rings (SSSR count). The van der Waals surface area contributed by atoms with Crippen LogP contribution < -0.4 is 11.1 Å². The van der Waals surface area contributed by atoms with Crippen molar-refractivity contribution in [1.82, 2.24) is 0 Å². The van der Waals surface area contributed by atoms with Gasteiger partial charge in [-0.25, -0.2) is 13.2 Å². The van der Waals surface area contributed by atoms with Gasteiger partial charge in [-0.2, -0.15) is 13.2 Å². The normalized spacial score (nSPS) is 23.9. The molecule has 1 aromatic carbocycles. The van der Waals surface area contributed by atoms with Crippen molar-refractivity contribution in [3.8, 4) is 0 Å². The third-order valence-corrected chi connectivity index (χ3v) is 4.52. The third-order valence-electron chi connectivity index (χ3n) is 4.52. The van der Waals surface area contributed by atoms with E-state index >= 15 is 0 Å². The van der Waals surface area contributed by atoms with E-state index in [0.29, 0.717) is 0 Å². The molecule has 11 heteroatoms. The van der Waals surface area contributed by atoms with Crippen LogP contribution in [0.1, 0.15) is 24.4 Å². The number of nitrogens with zero attached hydrogens (tertiary/aromatic N) is 1. The molecule has 0 radical (unpaired) electrons. The lowest BCUT2D eigenvalue weighted by molar-refractivity contribution is -0.189. The van der Waals surface area contributed by atoms with Gasteiger partial charge in [0.15, 0.2) is 0 Å². The van der Waals surface area contributed by atoms with Crippen LogP contribution in [-0.2, 0) is 9.53 Å². The van der Waals surface area contributed by atoms with Crippen LogP contribution in [0.15, 0.2) is 23.2 Å². The number of hydrogen-bond donors (Lipinski definition) is 2. The number of amidine groups is 1. The predicted octanol–water partition coefficient (Wildman–Crippen LogP) is 3.17. The van der Waals surface area contributed by atoms with E-state index < -0.39 is 47.5 Å². The third kappa shape index (κ3) is 3.60. The second-order valence-corrected chi connectivity index (χ2v) is 6.55. The Hall–Kier alpha value is -2.30.